The molecule has 0 unspecified atom stereocenters. The monoisotopic (exact) mass is 474 g/mol. The Labute approximate surface area is 208 Å². The summed E-state index contributed by atoms with van der Waals surface area (Å²) in [5.74, 6) is -0.696. The first-order chi connectivity index (χ1) is 16.9. The molecule has 0 aliphatic carbocycles. The number of hydrogen-bond acceptors (Lipinski definition) is 5. The zero-order valence-corrected chi connectivity index (χ0v) is 20.7. The summed E-state index contributed by atoms with van der Waals surface area (Å²) >= 11 is 0. The van der Waals surface area contributed by atoms with Gasteiger partial charge in [-0.05, 0) is 29.0 Å². The van der Waals surface area contributed by atoms with Gasteiger partial charge in [0.25, 0.3) is 0 Å². The fourth-order valence-corrected chi connectivity index (χ4v) is 4.33. The van der Waals surface area contributed by atoms with Gasteiger partial charge >= 0.3 is 11.9 Å². The molecule has 184 valence electrons. The van der Waals surface area contributed by atoms with Gasteiger partial charge in [0.15, 0.2) is 0 Å². The molecule has 1 atom stereocenters. The molecule has 5 heteroatoms. The van der Waals surface area contributed by atoms with E-state index in [9.17, 15) is 9.59 Å². The number of benzene rings is 3. The van der Waals surface area contributed by atoms with Crippen LogP contribution in [0.3, 0.4) is 0 Å². The second-order valence-corrected chi connectivity index (χ2v) is 8.90. The van der Waals surface area contributed by atoms with Crippen LogP contribution in [0.1, 0.15) is 43.9 Å². The molecule has 5 nitrogen and oxygen atoms in total. The maximum atomic E-state index is 11.3. The second kappa shape index (κ2) is 12.9. The van der Waals surface area contributed by atoms with E-state index in [1.54, 1.807) is 0 Å². The van der Waals surface area contributed by atoms with Crippen LogP contribution >= 0.6 is 0 Å². The highest BCUT2D eigenvalue weighted by molar-refractivity contribution is 5.66. The van der Waals surface area contributed by atoms with Gasteiger partial charge in [-0.3, -0.25) is 9.59 Å². The molecule has 0 radical (unpaired) electrons. The highest BCUT2D eigenvalue weighted by atomic mass is 16.5. The largest absolute Gasteiger partial charge is 0.465 e. The molecule has 0 aromatic heterocycles. The molecule has 0 fully saturated rings. The Morgan fingerprint density at radius 1 is 0.657 bits per heavy atom. The summed E-state index contributed by atoms with van der Waals surface area (Å²) < 4.78 is 17.3. The number of esters is 2. The molecule has 0 bridgehead atoms. The first-order valence-electron chi connectivity index (χ1n) is 12.0. The van der Waals surface area contributed by atoms with Crippen LogP contribution in [-0.4, -0.2) is 31.8 Å². The topological polar surface area (TPSA) is 61.8 Å². The van der Waals surface area contributed by atoms with Gasteiger partial charge in [-0.15, -0.1) is 0 Å². The van der Waals surface area contributed by atoms with Crippen molar-refractivity contribution in [3.8, 4) is 0 Å². The van der Waals surface area contributed by atoms with Crippen molar-refractivity contribution in [2.45, 2.75) is 32.8 Å². The average Bonchev–Trinajstić information content (AvgIpc) is 2.88. The van der Waals surface area contributed by atoms with Gasteiger partial charge in [0, 0.05) is 19.8 Å². The molecular weight excluding hydrogens is 440 g/mol. The quantitative estimate of drug-likeness (QED) is 0.247. The standard InChI is InChI=1S/C30H34O5/c1-23(19-26(21-33-24(2)31)22-34-25(3)32)20-35-30(27-13-7-4-8-14-27,28-15-9-5-10-16-28)29-17-11-6-12-18-29/h4-18,23,26H,19-22H2,1-3H3/t23-/m1/s1. The van der Waals surface area contributed by atoms with Crippen LogP contribution in [0.4, 0.5) is 0 Å². The van der Waals surface area contributed by atoms with Gasteiger partial charge in [-0.1, -0.05) is 97.9 Å². The Bertz CT molecular complexity index is 935. The maximum absolute atomic E-state index is 11.3. The van der Waals surface area contributed by atoms with Gasteiger partial charge in [0.1, 0.15) is 5.60 Å². The lowest BCUT2D eigenvalue weighted by atomic mass is 9.80. The third-order valence-corrected chi connectivity index (χ3v) is 5.91. The first kappa shape index (κ1) is 26.2. The number of carbonyl (C=O) groups excluding carboxylic acids is 2. The van der Waals surface area contributed by atoms with Gasteiger partial charge in [-0.2, -0.15) is 0 Å². The van der Waals surface area contributed by atoms with Crippen molar-refractivity contribution in [2.24, 2.45) is 11.8 Å². The second-order valence-electron chi connectivity index (χ2n) is 8.90. The molecule has 0 aliphatic heterocycles. The van der Waals surface area contributed by atoms with Crippen LogP contribution in [0, 0.1) is 11.8 Å². The smallest absolute Gasteiger partial charge is 0.302 e. The van der Waals surface area contributed by atoms with E-state index in [4.69, 9.17) is 14.2 Å². The number of carbonyl (C=O) groups is 2. The number of rotatable bonds is 12. The fraction of sp³-hybridized carbons (Fsp3) is 0.333. The molecule has 0 spiro atoms. The molecule has 3 rings (SSSR count). The van der Waals surface area contributed by atoms with E-state index in [2.05, 4.69) is 43.3 Å². The van der Waals surface area contributed by atoms with Crippen LogP contribution in [-0.2, 0) is 29.4 Å². The Morgan fingerprint density at radius 2 is 1.03 bits per heavy atom. The summed E-state index contributed by atoms with van der Waals surface area (Å²) in [6.45, 7) is 5.71. The van der Waals surface area contributed by atoms with Crippen molar-refractivity contribution in [1.29, 1.82) is 0 Å². The van der Waals surface area contributed by atoms with E-state index in [0.717, 1.165) is 16.7 Å². The summed E-state index contributed by atoms with van der Waals surface area (Å²) in [5, 5.41) is 0. The van der Waals surface area contributed by atoms with Gasteiger partial charge in [0.2, 0.25) is 0 Å². The van der Waals surface area contributed by atoms with Crippen molar-refractivity contribution in [3.05, 3.63) is 108 Å². The van der Waals surface area contributed by atoms with E-state index in [0.29, 0.717) is 13.0 Å². The Hall–Kier alpha value is -3.44. The third-order valence-electron chi connectivity index (χ3n) is 5.91. The molecule has 0 amide bonds. The highest BCUT2D eigenvalue weighted by Crippen LogP contribution is 2.41. The fourth-order valence-electron chi connectivity index (χ4n) is 4.33. The lowest BCUT2D eigenvalue weighted by molar-refractivity contribution is -0.146. The molecule has 3 aromatic carbocycles. The minimum absolute atomic E-state index is 0.110. The molecule has 0 aliphatic rings. The van der Waals surface area contributed by atoms with Crippen molar-refractivity contribution in [3.63, 3.8) is 0 Å². The van der Waals surface area contributed by atoms with Gasteiger partial charge in [-0.25, -0.2) is 0 Å². The summed E-state index contributed by atoms with van der Waals surface area (Å²) in [7, 11) is 0. The molecule has 35 heavy (non-hydrogen) atoms. The maximum Gasteiger partial charge on any atom is 0.302 e. The van der Waals surface area contributed by atoms with E-state index in [1.165, 1.54) is 13.8 Å². The predicted octanol–water partition coefficient (Wildman–Crippen LogP) is 5.76. The summed E-state index contributed by atoms with van der Waals surface area (Å²) in [6, 6.07) is 30.7. The van der Waals surface area contributed by atoms with Crippen LogP contribution in [0.5, 0.6) is 0 Å². The first-order valence-corrected chi connectivity index (χ1v) is 12.0. The highest BCUT2D eigenvalue weighted by Gasteiger charge is 2.38. The number of hydrogen-bond donors (Lipinski definition) is 0. The van der Waals surface area contributed by atoms with Crippen molar-refractivity contribution < 1.29 is 23.8 Å². The zero-order valence-electron chi connectivity index (χ0n) is 20.7. The summed E-state index contributed by atoms with van der Waals surface area (Å²) in [5.41, 5.74) is 2.34. The lowest BCUT2D eigenvalue weighted by Crippen LogP contribution is -2.35. The predicted molar refractivity (Wildman–Crippen MR) is 136 cm³/mol. The molecule has 3 aromatic rings. The minimum Gasteiger partial charge on any atom is -0.465 e. The average molecular weight is 475 g/mol. The summed E-state index contributed by atoms with van der Waals surface area (Å²) in [4.78, 5) is 22.7. The van der Waals surface area contributed by atoms with E-state index in [1.807, 2.05) is 54.6 Å². The normalized spacial score (nSPS) is 12.2. The Kier molecular flexibility index (Phi) is 9.62. The minimum atomic E-state index is -0.792. The molecular formula is C30H34O5. The van der Waals surface area contributed by atoms with Crippen LogP contribution in [0.25, 0.3) is 0 Å². The van der Waals surface area contributed by atoms with Crippen molar-refractivity contribution >= 4 is 11.9 Å². The van der Waals surface area contributed by atoms with Gasteiger partial charge in [0.05, 0.1) is 19.8 Å². The number of ether oxygens (including phenoxy) is 3. The van der Waals surface area contributed by atoms with E-state index < -0.39 is 5.60 Å². The molecule has 0 heterocycles. The van der Waals surface area contributed by atoms with Crippen LogP contribution < -0.4 is 0 Å². The van der Waals surface area contributed by atoms with Crippen molar-refractivity contribution in [2.75, 3.05) is 19.8 Å². The van der Waals surface area contributed by atoms with Crippen molar-refractivity contribution in [1.82, 2.24) is 0 Å². The van der Waals surface area contributed by atoms with Crippen LogP contribution in [0.15, 0.2) is 91.0 Å². The zero-order chi connectivity index (χ0) is 25.1. The van der Waals surface area contributed by atoms with Gasteiger partial charge < -0.3 is 14.2 Å². The molecule has 0 saturated heterocycles. The van der Waals surface area contributed by atoms with E-state index in [-0.39, 0.29) is 37.0 Å². The third kappa shape index (κ3) is 7.27. The lowest BCUT2D eigenvalue weighted by Gasteiger charge is -2.37. The molecule has 0 saturated carbocycles. The van der Waals surface area contributed by atoms with E-state index >= 15 is 0 Å². The summed E-state index contributed by atoms with van der Waals surface area (Å²) in [6.07, 6.45) is 0.676. The Morgan fingerprint density at radius 3 is 1.37 bits per heavy atom. The molecule has 0 N–H and O–H groups in total. The van der Waals surface area contributed by atoms with Crippen LogP contribution in [0.2, 0.25) is 0 Å². The Balaban J connectivity index is 1.89. The SMILES string of the molecule is CC(=O)OCC(COC(C)=O)C[C@@H](C)COC(c1ccccc1)(c1ccccc1)c1ccccc1.